The number of hydrogen-bond donors (Lipinski definition) is 5. The van der Waals surface area contributed by atoms with Gasteiger partial charge in [0.2, 0.25) is 0 Å². The molecule has 0 saturated heterocycles. The molecule has 0 aromatic carbocycles. The molecule has 0 bridgehead atoms. The smallest absolute Gasteiger partial charge is 0.335 e. The van der Waals surface area contributed by atoms with Crippen LogP contribution in [0, 0.1) is 0 Å². The third-order valence-corrected chi connectivity index (χ3v) is 1.77. The van der Waals surface area contributed by atoms with E-state index in [1.165, 1.54) is 0 Å². The van der Waals surface area contributed by atoms with Gasteiger partial charge in [0.05, 0.1) is 13.2 Å². The van der Waals surface area contributed by atoms with Crippen LogP contribution in [-0.4, -0.2) is 85.1 Å². The van der Waals surface area contributed by atoms with Crippen LogP contribution in [0.2, 0.25) is 0 Å². The fourth-order valence-electron chi connectivity index (χ4n) is 0.744. The van der Waals surface area contributed by atoms with E-state index in [1.807, 2.05) is 0 Å². The van der Waals surface area contributed by atoms with Crippen molar-refractivity contribution in [1.29, 1.82) is 0 Å². The lowest BCUT2D eigenvalue weighted by molar-refractivity contribution is -0.165. The Hall–Kier alpha value is -1.26. The van der Waals surface area contributed by atoms with Gasteiger partial charge >= 0.3 is 11.9 Å². The molecule has 2 atom stereocenters. The van der Waals surface area contributed by atoms with Crippen molar-refractivity contribution in [3.8, 4) is 0 Å². The standard InChI is InChI=1S/C6H15NO2.C4H6O6/c1-8-5-3-7-4-6-9-2;5-1(3(7)8)2(6)4(9)10/h7H,3-6H2,1-2H3;1-2,5-6H,(H,7,8)(H,9,10). The average Bonchev–Trinajstić information content (AvgIpc) is 2.37. The van der Waals surface area contributed by atoms with Gasteiger partial charge in [-0.3, -0.25) is 0 Å². The van der Waals surface area contributed by atoms with Gasteiger partial charge in [-0.2, -0.15) is 0 Å². The van der Waals surface area contributed by atoms with E-state index in [2.05, 4.69) is 5.32 Å². The minimum absolute atomic E-state index is 0.768. The number of ether oxygens (including phenoxy) is 2. The van der Waals surface area contributed by atoms with Gasteiger partial charge in [0.1, 0.15) is 0 Å². The Kier molecular flexibility index (Phi) is 13.9. The highest BCUT2D eigenvalue weighted by atomic mass is 16.5. The van der Waals surface area contributed by atoms with Crippen molar-refractivity contribution in [3.63, 3.8) is 0 Å². The largest absolute Gasteiger partial charge is 0.479 e. The van der Waals surface area contributed by atoms with E-state index in [-0.39, 0.29) is 0 Å². The summed E-state index contributed by atoms with van der Waals surface area (Å²) in [6, 6.07) is 0. The third kappa shape index (κ3) is 13.0. The topological polar surface area (TPSA) is 146 Å². The lowest BCUT2D eigenvalue weighted by Crippen LogP contribution is -2.39. The van der Waals surface area contributed by atoms with Crippen LogP contribution < -0.4 is 5.32 Å². The summed E-state index contributed by atoms with van der Waals surface area (Å²) in [6.45, 7) is 3.34. The summed E-state index contributed by atoms with van der Waals surface area (Å²) in [5.41, 5.74) is 0. The molecule has 0 radical (unpaired) electrons. The van der Waals surface area contributed by atoms with Crippen molar-refractivity contribution >= 4 is 11.9 Å². The second-order valence-corrected chi connectivity index (χ2v) is 3.30. The molecule has 5 N–H and O–H groups in total. The molecule has 0 aromatic heterocycles. The first kappa shape index (κ1) is 20.1. The number of carboxylic acids is 2. The molecule has 0 rings (SSSR count). The Bertz CT molecular complexity index is 224. The Morgan fingerprint density at radius 1 is 0.947 bits per heavy atom. The van der Waals surface area contributed by atoms with Crippen molar-refractivity contribution in [2.45, 2.75) is 12.2 Å². The van der Waals surface area contributed by atoms with Crippen LogP contribution >= 0.6 is 0 Å². The summed E-state index contributed by atoms with van der Waals surface area (Å²) < 4.78 is 9.64. The molecule has 0 heterocycles. The quantitative estimate of drug-likeness (QED) is 0.296. The maximum atomic E-state index is 9.77. The number of hydrogen-bond acceptors (Lipinski definition) is 7. The minimum atomic E-state index is -2.27. The Balaban J connectivity index is 0. The summed E-state index contributed by atoms with van der Waals surface area (Å²) in [6.07, 6.45) is -4.53. The lowest BCUT2D eigenvalue weighted by atomic mass is 10.2. The molecule has 0 spiro atoms. The zero-order valence-electron chi connectivity index (χ0n) is 10.9. The molecular formula is C10H21NO8. The van der Waals surface area contributed by atoms with E-state index in [0.717, 1.165) is 26.3 Å². The van der Waals surface area contributed by atoms with Crippen molar-refractivity contribution < 1.29 is 39.5 Å². The van der Waals surface area contributed by atoms with E-state index in [9.17, 15) is 9.59 Å². The predicted molar refractivity (Wildman–Crippen MR) is 63.9 cm³/mol. The summed E-state index contributed by atoms with van der Waals surface area (Å²) in [5, 5.41) is 35.7. The van der Waals surface area contributed by atoms with Crippen LogP contribution in [0.4, 0.5) is 0 Å². The maximum absolute atomic E-state index is 9.77. The summed E-state index contributed by atoms with van der Waals surface area (Å²) >= 11 is 0. The van der Waals surface area contributed by atoms with Gasteiger partial charge in [-0.1, -0.05) is 0 Å². The normalized spacial score (nSPS) is 13.1. The molecule has 0 aliphatic rings. The first-order chi connectivity index (χ1) is 8.88. The number of rotatable bonds is 9. The highest BCUT2D eigenvalue weighted by Gasteiger charge is 2.29. The monoisotopic (exact) mass is 283 g/mol. The van der Waals surface area contributed by atoms with E-state index >= 15 is 0 Å². The van der Waals surface area contributed by atoms with Crippen LogP contribution in [0.15, 0.2) is 0 Å². The molecule has 0 amide bonds. The second kappa shape index (κ2) is 13.2. The fourth-order valence-corrected chi connectivity index (χ4v) is 0.744. The SMILES string of the molecule is COCCNCCOC.O=C(O)C(O)C(O)C(=O)O. The highest BCUT2D eigenvalue weighted by Crippen LogP contribution is 1.92. The molecule has 114 valence electrons. The van der Waals surface area contributed by atoms with Crippen molar-refractivity contribution in [3.05, 3.63) is 0 Å². The number of aliphatic carboxylic acids is 2. The van der Waals surface area contributed by atoms with Gasteiger partial charge in [0.25, 0.3) is 0 Å². The van der Waals surface area contributed by atoms with Gasteiger partial charge < -0.3 is 35.2 Å². The van der Waals surface area contributed by atoms with Gasteiger partial charge in [0, 0.05) is 27.3 Å². The second-order valence-electron chi connectivity index (χ2n) is 3.30. The Morgan fingerprint density at radius 3 is 1.47 bits per heavy atom. The molecule has 0 aliphatic heterocycles. The molecular weight excluding hydrogens is 262 g/mol. The van der Waals surface area contributed by atoms with Crippen molar-refractivity contribution in [2.24, 2.45) is 0 Å². The van der Waals surface area contributed by atoms with Gasteiger partial charge in [-0.15, -0.1) is 0 Å². The van der Waals surface area contributed by atoms with Crippen LogP contribution in [0.5, 0.6) is 0 Å². The Labute approximate surface area is 110 Å². The fraction of sp³-hybridized carbons (Fsp3) is 0.800. The van der Waals surface area contributed by atoms with E-state index in [1.54, 1.807) is 14.2 Å². The van der Waals surface area contributed by atoms with Crippen molar-refractivity contribution in [1.82, 2.24) is 5.32 Å². The highest BCUT2D eigenvalue weighted by molar-refractivity contribution is 5.83. The molecule has 0 fully saturated rings. The van der Waals surface area contributed by atoms with Crippen LogP contribution in [0.3, 0.4) is 0 Å². The summed E-state index contributed by atoms with van der Waals surface area (Å²) in [5.74, 6) is -3.54. The lowest BCUT2D eigenvalue weighted by Gasteiger charge is -2.07. The number of aliphatic hydroxyl groups excluding tert-OH is 2. The molecule has 0 saturated carbocycles. The molecule has 0 aliphatic carbocycles. The summed E-state index contributed by atoms with van der Waals surface area (Å²) in [7, 11) is 3.38. The van der Waals surface area contributed by atoms with E-state index in [0.29, 0.717) is 0 Å². The van der Waals surface area contributed by atoms with Crippen LogP contribution in [-0.2, 0) is 19.1 Å². The van der Waals surface area contributed by atoms with Crippen LogP contribution in [0.1, 0.15) is 0 Å². The number of methoxy groups -OCH3 is 2. The molecule has 9 nitrogen and oxygen atoms in total. The average molecular weight is 283 g/mol. The number of aliphatic hydroxyl groups is 2. The van der Waals surface area contributed by atoms with Gasteiger partial charge in [-0.05, 0) is 0 Å². The van der Waals surface area contributed by atoms with Gasteiger partial charge in [-0.25, -0.2) is 9.59 Å². The number of carboxylic acid groups (broad SMARTS) is 2. The van der Waals surface area contributed by atoms with E-state index in [4.69, 9.17) is 29.9 Å². The number of carbonyl (C=O) groups is 2. The molecule has 9 heteroatoms. The zero-order chi connectivity index (χ0) is 15.3. The maximum Gasteiger partial charge on any atom is 0.335 e. The molecule has 2 unspecified atom stereocenters. The van der Waals surface area contributed by atoms with E-state index < -0.39 is 24.1 Å². The predicted octanol–water partition coefficient (Wildman–Crippen LogP) is -2.25. The Morgan fingerprint density at radius 2 is 1.26 bits per heavy atom. The third-order valence-electron chi connectivity index (χ3n) is 1.77. The van der Waals surface area contributed by atoms with Crippen LogP contribution in [0.25, 0.3) is 0 Å². The number of nitrogens with one attached hydrogen (secondary N) is 1. The minimum Gasteiger partial charge on any atom is -0.479 e. The zero-order valence-corrected chi connectivity index (χ0v) is 10.9. The molecule has 19 heavy (non-hydrogen) atoms. The van der Waals surface area contributed by atoms with Gasteiger partial charge in [0.15, 0.2) is 12.2 Å². The molecule has 0 aromatic rings. The first-order valence-electron chi connectivity index (χ1n) is 5.38. The summed E-state index contributed by atoms with van der Waals surface area (Å²) in [4.78, 5) is 19.5. The van der Waals surface area contributed by atoms with Crippen molar-refractivity contribution in [2.75, 3.05) is 40.5 Å². The first-order valence-corrected chi connectivity index (χ1v) is 5.38.